The van der Waals surface area contributed by atoms with Gasteiger partial charge in [0.2, 0.25) is 5.91 Å². The van der Waals surface area contributed by atoms with Crippen LogP contribution in [0, 0.1) is 11.3 Å². The molecule has 1 saturated carbocycles. The number of carbonyl (C=O) groups is 3. The van der Waals surface area contributed by atoms with Gasteiger partial charge in [-0.25, -0.2) is 0 Å². The fourth-order valence-electron chi connectivity index (χ4n) is 5.52. The summed E-state index contributed by atoms with van der Waals surface area (Å²) in [6.07, 6.45) is 7.03. The molecule has 4 rings (SSSR count). The number of hydrogen-bond acceptors (Lipinski definition) is 5. The van der Waals surface area contributed by atoms with Gasteiger partial charge in [-0.2, -0.15) is 0 Å². The van der Waals surface area contributed by atoms with Crippen LogP contribution >= 0.6 is 0 Å². The number of nitrogens with zero attached hydrogens (tertiary/aromatic N) is 1. The molecule has 1 aromatic rings. The van der Waals surface area contributed by atoms with Crippen LogP contribution in [0.2, 0.25) is 0 Å². The maximum atomic E-state index is 13.6. The first kappa shape index (κ1) is 19.9. The van der Waals surface area contributed by atoms with Crippen molar-refractivity contribution < 1.29 is 23.9 Å². The molecular formula is C23H29NO5. The Labute approximate surface area is 171 Å². The minimum Gasteiger partial charge on any atom is -0.469 e. The highest BCUT2D eigenvalue weighted by Crippen LogP contribution is 2.55. The lowest BCUT2D eigenvalue weighted by Gasteiger charge is -2.46. The van der Waals surface area contributed by atoms with Crippen molar-refractivity contribution in [3.05, 3.63) is 29.8 Å². The number of amides is 1. The van der Waals surface area contributed by atoms with Crippen molar-refractivity contribution in [2.75, 3.05) is 20.2 Å². The van der Waals surface area contributed by atoms with E-state index < -0.39 is 23.2 Å². The van der Waals surface area contributed by atoms with Crippen LogP contribution in [0.15, 0.2) is 24.3 Å². The van der Waals surface area contributed by atoms with E-state index in [1.165, 1.54) is 7.11 Å². The second kappa shape index (κ2) is 8.17. The molecule has 1 amide bonds. The number of hydrogen-bond donors (Lipinski definition) is 0. The van der Waals surface area contributed by atoms with E-state index in [0.29, 0.717) is 31.7 Å². The Morgan fingerprint density at radius 3 is 2.38 bits per heavy atom. The van der Waals surface area contributed by atoms with Gasteiger partial charge in [0.25, 0.3) is 0 Å². The lowest BCUT2D eigenvalue weighted by atomic mass is 9.58. The number of ether oxygens (including phenoxy) is 2. The van der Waals surface area contributed by atoms with Gasteiger partial charge in [-0.15, -0.1) is 0 Å². The molecule has 0 N–H and O–H groups in total. The van der Waals surface area contributed by atoms with Crippen LogP contribution in [-0.4, -0.2) is 42.9 Å². The Hall–Kier alpha value is -2.37. The lowest BCUT2D eigenvalue weighted by molar-refractivity contribution is -0.164. The van der Waals surface area contributed by atoms with E-state index in [1.54, 1.807) is 11.0 Å². The van der Waals surface area contributed by atoms with Gasteiger partial charge in [0.1, 0.15) is 11.7 Å². The van der Waals surface area contributed by atoms with Crippen molar-refractivity contribution in [3.63, 3.8) is 0 Å². The molecule has 2 heterocycles. The van der Waals surface area contributed by atoms with Gasteiger partial charge in [-0.1, -0.05) is 37.5 Å². The van der Waals surface area contributed by atoms with E-state index in [1.807, 2.05) is 18.2 Å². The summed E-state index contributed by atoms with van der Waals surface area (Å²) in [5.41, 5.74) is -0.103. The van der Waals surface area contributed by atoms with E-state index in [-0.39, 0.29) is 11.9 Å². The van der Waals surface area contributed by atoms with Crippen molar-refractivity contribution in [2.24, 2.45) is 11.3 Å². The highest BCUT2D eigenvalue weighted by atomic mass is 16.5. The molecule has 2 unspecified atom stereocenters. The topological polar surface area (TPSA) is 72.9 Å². The maximum absolute atomic E-state index is 13.6. The predicted molar refractivity (Wildman–Crippen MR) is 106 cm³/mol. The summed E-state index contributed by atoms with van der Waals surface area (Å²) in [4.78, 5) is 41.6. The zero-order chi connectivity index (χ0) is 20.4. The zero-order valence-corrected chi connectivity index (χ0v) is 17.0. The molecule has 0 aromatic heterocycles. The molecule has 2 aliphatic heterocycles. The molecule has 2 atom stereocenters. The van der Waals surface area contributed by atoms with Gasteiger partial charge in [0.05, 0.1) is 12.5 Å². The normalized spacial score (nSPS) is 26.2. The molecule has 1 aromatic carbocycles. The van der Waals surface area contributed by atoms with E-state index in [4.69, 9.17) is 9.47 Å². The highest BCUT2D eigenvalue weighted by Gasteiger charge is 2.58. The number of fused-ring (bicyclic) bond motifs is 1. The Bertz CT molecular complexity index is 792. The average molecular weight is 399 g/mol. The molecule has 1 aliphatic carbocycles. The molecule has 2 fully saturated rings. The zero-order valence-electron chi connectivity index (χ0n) is 17.0. The first-order chi connectivity index (χ1) is 14.1. The molecule has 1 saturated heterocycles. The fraction of sp³-hybridized carbons (Fsp3) is 0.609. The molecule has 0 radical (unpaired) electrons. The van der Waals surface area contributed by atoms with Gasteiger partial charge in [0.15, 0.2) is 0 Å². The van der Waals surface area contributed by atoms with Crippen molar-refractivity contribution in [2.45, 2.75) is 57.3 Å². The van der Waals surface area contributed by atoms with Crippen molar-refractivity contribution >= 4 is 17.8 Å². The highest BCUT2D eigenvalue weighted by molar-refractivity contribution is 6.02. The standard InChI is InChI=1S/C23H29NO5/c1-28-22(27)23(12-6-2-7-13-23)19-16-10-4-5-11-17(16)29-21(26)18(19)20(25)24-14-8-3-9-15-24/h4-5,10-11,18-19H,2-3,6-9,12-15H2,1H3. The molecular weight excluding hydrogens is 370 g/mol. The molecule has 3 aliphatic rings. The van der Waals surface area contributed by atoms with Crippen LogP contribution in [-0.2, 0) is 19.1 Å². The van der Waals surface area contributed by atoms with Crippen LogP contribution in [0.4, 0.5) is 0 Å². The maximum Gasteiger partial charge on any atom is 0.324 e. The second-order valence-corrected chi connectivity index (χ2v) is 8.51. The Balaban J connectivity index is 1.83. The number of piperidine rings is 1. The molecule has 0 bridgehead atoms. The number of rotatable bonds is 3. The van der Waals surface area contributed by atoms with Crippen molar-refractivity contribution in [1.82, 2.24) is 4.90 Å². The second-order valence-electron chi connectivity index (χ2n) is 8.51. The third-order valence-corrected chi connectivity index (χ3v) is 6.92. The van der Waals surface area contributed by atoms with Crippen molar-refractivity contribution in [3.8, 4) is 5.75 Å². The van der Waals surface area contributed by atoms with Gasteiger partial charge in [-0.05, 0) is 38.2 Å². The van der Waals surface area contributed by atoms with Crippen LogP contribution in [0.3, 0.4) is 0 Å². The summed E-state index contributed by atoms with van der Waals surface area (Å²) in [5, 5.41) is 0. The van der Waals surface area contributed by atoms with E-state index in [0.717, 1.165) is 44.1 Å². The molecule has 156 valence electrons. The molecule has 6 heteroatoms. The van der Waals surface area contributed by atoms with Crippen molar-refractivity contribution in [1.29, 1.82) is 0 Å². The number of carbonyl (C=O) groups excluding carboxylic acids is 3. The Morgan fingerprint density at radius 2 is 1.69 bits per heavy atom. The lowest BCUT2D eigenvalue weighted by Crippen LogP contribution is -2.53. The first-order valence-electron chi connectivity index (χ1n) is 10.8. The van der Waals surface area contributed by atoms with E-state index in [2.05, 4.69) is 0 Å². The number of likely N-dealkylation sites (tertiary alicyclic amines) is 1. The Kier molecular flexibility index (Phi) is 5.61. The first-order valence-corrected chi connectivity index (χ1v) is 10.8. The summed E-state index contributed by atoms with van der Waals surface area (Å²) in [7, 11) is 1.40. The van der Waals surface area contributed by atoms with E-state index in [9.17, 15) is 14.4 Å². The number of esters is 2. The van der Waals surface area contributed by atoms with Gasteiger partial charge >= 0.3 is 11.9 Å². The largest absolute Gasteiger partial charge is 0.469 e. The SMILES string of the molecule is COC(=O)C1(C2c3ccccc3OC(=O)C2C(=O)N2CCCCC2)CCCCC1. The van der Waals surface area contributed by atoms with E-state index >= 15 is 0 Å². The smallest absolute Gasteiger partial charge is 0.324 e. The van der Waals surface area contributed by atoms with Gasteiger partial charge in [0, 0.05) is 24.6 Å². The van der Waals surface area contributed by atoms with Gasteiger partial charge in [-0.3, -0.25) is 14.4 Å². The quantitative estimate of drug-likeness (QED) is 0.442. The number of para-hydroxylation sites is 1. The summed E-state index contributed by atoms with van der Waals surface area (Å²) in [6, 6.07) is 7.32. The summed E-state index contributed by atoms with van der Waals surface area (Å²) in [5.74, 6) is -2.16. The summed E-state index contributed by atoms with van der Waals surface area (Å²) < 4.78 is 10.9. The van der Waals surface area contributed by atoms with Crippen LogP contribution in [0.5, 0.6) is 5.75 Å². The number of benzene rings is 1. The third kappa shape index (κ3) is 3.43. The summed E-state index contributed by atoms with van der Waals surface area (Å²) >= 11 is 0. The molecule has 0 spiro atoms. The average Bonchev–Trinajstić information content (AvgIpc) is 2.78. The minimum absolute atomic E-state index is 0.206. The fourth-order valence-corrected chi connectivity index (χ4v) is 5.52. The monoisotopic (exact) mass is 399 g/mol. The molecule has 29 heavy (non-hydrogen) atoms. The third-order valence-electron chi connectivity index (χ3n) is 6.92. The number of methoxy groups -OCH3 is 1. The molecule has 6 nitrogen and oxygen atoms in total. The summed E-state index contributed by atoms with van der Waals surface area (Å²) in [6.45, 7) is 1.31. The van der Waals surface area contributed by atoms with Crippen LogP contribution in [0.25, 0.3) is 0 Å². The Morgan fingerprint density at radius 1 is 1.03 bits per heavy atom. The minimum atomic E-state index is -1.000. The van der Waals surface area contributed by atoms with Crippen LogP contribution in [0.1, 0.15) is 62.8 Å². The van der Waals surface area contributed by atoms with Crippen LogP contribution < -0.4 is 4.74 Å². The predicted octanol–water partition coefficient (Wildman–Crippen LogP) is 3.44. The van der Waals surface area contributed by atoms with Gasteiger partial charge < -0.3 is 14.4 Å².